The molecule has 6 nitrogen and oxygen atoms in total. The summed E-state index contributed by atoms with van der Waals surface area (Å²) >= 11 is 10.7. The van der Waals surface area contributed by atoms with Crippen LogP contribution in [0.15, 0.2) is 23.1 Å². The zero-order valence-corrected chi connectivity index (χ0v) is 13.9. The van der Waals surface area contributed by atoms with Crippen LogP contribution in [0, 0.1) is 0 Å². The van der Waals surface area contributed by atoms with Crippen molar-refractivity contribution >= 4 is 44.7 Å². The molecule has 1 amide bonds. The average molecular weight is 350 g/mol. The fraction of sp³-hybridized carbons (Fsp3) is 0.333. The van der Waals surface area contributed by atoms with Crippen molar-refractivity contribution < 1.29 is 13.2 Å². The number of likely N-dealkylation sites (N-methyl/N-ethyl adjacent to an activating group) is 1. The van der Waals surface area contributed by atoms with Crippen LogP contribution in [0.5, 0.6) is 0 Å². The molecule has 0 saturated carbocycles. The first-order valence-electron chi connectivity index (χ1n) is 6.08. The summed E-state index contributed by atoms with van der Waals surface area (Å²) in [4.78, 5) is 11.6. The Morgan fingerprint density at radius 3 is 2.57 bits per heavy atom. The van der Waals surface area contributed by atoms with Gasteiger partial charge < -0.3 is 11.1 Å². The van der Waals surface area contributed by atoms with Gasteiger partial charge in [0.15, 0.2) is 0 Å². The van der Waals surface area contributed by atoms with Crippen molar-refractivity contribution in [2.75, 3.05) is 6.54 Å². The van der Waals surface area contributed by atoms with Crippen molar-refractivity contribution in [2.24, 2.45) is 5.73 Å². The minimum Gasteiger partial charge on any atom is -0.389 e. The maximum absolute atomic E-state index is 12.2. The summed E-state index contributed by atoms with van der Waals surface area (Å²) < 4.78 is 26.7. The van der Waals surface area contributed by atoms with Gasteiger partial charge in [-0.15, -0.1) is 0 Å². The Hall–Kier alpha value is -1.22. The van der Waals surface area contributed by atoms with E-state index in [1.165, 1.54) is 25.1 Å². The number of nitrogens with one attached hydrogen (secondary N) is 2. The third kappa shape index (κ3) is 4.63. The second kappa shape index (κ2) is 7.17. The topological polar surface area (TPSA) is 101 Å². The zero-order valence-electron chi connectivity index (χ0n) is 11.5. The van der Waals surface area contributed by atoms with Crippen LogP contribution < -0.4 is 15.8 Å². The summed E-state index contributed by atoms with van der Waals surface area (Å²) in [7, 11) is -3.92. The molecule has 1 aromatic rings. The number of benzene rings is 1. The van der Waals surface area contributed by atoms with Crippen LogP contribution in [-0.2, 0) is 14.8 Å². The third-order valence-electron chi connectivity index (χ3n) is 2.58. The van der Waals surface area contributed by atoms with Crippen LogP contribution in [0.1, 0.15) is 19.4 Å². The number of halogens is 1. The molecule has 0 aliphatic carbocycles. The molecular weight excluding hydrogens is 334 g/mol. The Kier molecular flexibility index (Phi) is 6.09. The maximum Gasteiger partial charge on any atom is 0.242 e. The van der Waals surface area contributed by atoms with E-state index < -0.39 is 22.0 Å². The predicted octanol–water partition coefficient (Wildman–Crippen LogP) is 0.777. The van der Waals surface area contributed by atoms with E-state index in [0.717, 1.165) is 0 Å². The van der Waals surface area contributed by atoms with Gasteiger partial charge in [0.05, 0.1) is 11.1 Å². The van der Waals surface area contributed by atoms with Gasteiger partial charge in [-0.25, -0.2) is 8.42 Å². The van der Waals surface area contributed by atoms with Gasteiger partial charge in [-0.1, -0.05) is 29.9 Å². The zero-order chi connectivity index (χ0) is 16.2. The summed E-state index contributed by atoms with van der Waals surface area (Å²) in [6.45, 7) is 3.60. The van der Waals surface area contributed by atoms with Gasteiger partial charge in [-0.2, -0.15) is 4.72 Å². The molecule has 0 aromatic heterocycles. The van der Waals surface area contributed by atoms with Gasteiger partial charge in [-0.3, -0.25) is 4.79 Å². The predicted molar refractivity (Wildman–Crippen MR) is 85.8 cm³/mol. The van der Waals surface area contributed by atoms with Crippen LogP contribution in [0.25, 0.3) is 0 Å². The largest absolute Gasteiger partial charge is 0.389 e. The Morgan fingerprint density at radius 2 is 2.10 bits per heavy atom. The molecule has 1 unspecified atom stereocenters. The van der Waals surface area contributed by atoms with Crippen molar-refractivity contribution in [1.82, 2.24) is 10.0 Å². The maximum atomic E-state index is 12.2. The fourth-order valence-electron chi connectivity index (χ4n) is 1.55. The molecule has 1 rings (SSSR count). The number of nitrogens with two attached hydrogens (primary N) is 1. The van der Waals surface area contributed by atoms with Gasteiger partial charge in [0, 0.05) is 12.1 Å². The number of thiocarbonyl (C=S) groups is 1. The first kappa shape index (κ1) is 17.8. The SMILES string of the molecule is CCNC(=O)C(C)NS(=O)(=O)c1ccc(C(N)=S)cc1Cl. The van der Waals surface area contributed by atoms with E-state index >= 15 is 0 Å². The molecule has 0 spiro atoms. The number of rotatable bonds is 6. The molecule has 1 atom stereocenters. The Bertz CT molecular complexity index is 662. The van der Waals surface area contributed by atoms with Crippen molar-refractivity contribution in [3.8, 4) is 0 Å². The monoisotopic (exact) mass is 349 g/mol. The molecular formula is C12H16ClN3O3S2. The van der Waals surface area contributed by atoms with E-state index in [1.54, 1.807) is 6.92 Å². The highest BCUT2D eigenvalue weighted by Gasteiger charge is 2.24. The summed E-state index contributed by atoms with van der Waals surface area (Å²) in [6, 6.07) is 3.21. The Labute approximate surface area is 134 Å². The van der Waals surface area contributed by atoms with E-state index in [2.05, 4.69) is 10.0 Å². The normalized spacial score (nSPS) is 12.7. The van der Waals surface area contributed by atoms with E-state index in [0.29, 0.717) is 12.1 Å². The van der Waals surface area contributed by atoms with Crippen LogP contribution >= 0.6 is 23.8 Å². The molecule has 0 heterocycles. The lowest BCUT2D eigenvalue weighted by Crippen LogP contribution is -2.44. The quantitative estimate of drug-likeness (QED) is 0.659. The minimum atomic E-state index is -3.92. The number of amides is 1. The van der Waals surface area contributed by atoms with Gasteiger partial charge in [-0.05, 0) is 26.0 Å². The summed E-state index contributed by atoms with van der Waals surface area (Å²) in [5, 5.41) is 2.51. The van der Waals surface area contributed by atoms with Crippen LogP contribution in [-0.4, -0.2) is 31.9 Å². The lowest BCUT2D eigenvalue weighted by molar-refractivity contribution is -0.122. The first-order valence-corrected chi connectivity index (χ1v) is 8.35. The summed E-state index contributed by atoms with van der Waals surface area (Å²) in [5.74, 6) is -0.419. The average Bonchev–Trinajstić information content (AvgIpc) is 2.37. The molecule has 0 bridgehead atoms. The summed E-state index contributed by atoms with van der Waals surface area (Å²) in [5.41, 5.74) is 5.91. The Balaban J connectivity index is 3.03. The lowest BCUT2D eigenvalue weighted by Gasteiger charge is -2.14. The van der Waals surface area contributed by atoms with Gasteiger partial charge in [0.25, 0.3) is 0 Å². The van der Waals surface area contributed by atoms with E-state index in [-0.39, 0.29) is 14.9 Å². The van der Waals surface area contributed by atoms with Gasteiger partial charge in [0.1, 0.15) is 9.88 Å². The highest BCUT2D eigenvalue weighted by atomic mass is 35.5. The van der Waals surface area contributed by atoms with Crippen LogP contribution in [0.2, 0.25) is 5.02 Å². The smallest absolute Gasteiger partial charge is 0.242 e. The molecule has 116 valence electrons. The van der Waals surface area contributed by atoms with Crippen molar-refractivity contribution in [3.05, 3.63) is 28.8 Å². The van der Waals surface area contributed by atoms with E-state index in [9.17, 15) is 13.2 Å². The molecule has 0 saturated heterocycles. The second-order valence-corrected chi connectivity index (χ2v) is 6.78. The van der Waals surface area contributed by atoms with E-state index in [1.807, 2.05) is 0 Å². The molecule has 21 heavy (non-hydrogen) atoms. The first-order chi connectivity index (χ1) is 9.69. The molecule has 9 heteroatoms. The third-order valence-corrected chi connectivity index (χ3v) is 4.84. The number of carbonyl (C=O) groups excluding carboxylic acids is 1. The van der Waals surface area contributed by atoms with Crippen molar-refractivity contribution in [1.29, 1.82) is 0 Å². The number of hydrogen-bond donors (Lipinski definition) is 3. The van der Waals surface area contributed by atoms with Crippen molar-refractivity contribution in [3.63, 3.8) is 0 Å². The highest BCUT2D eigenvalue weighted by molar-refractivity contribution is 7.89. The molecule has 0 aliphatic heterocycles. The molecule has 0 aliphatic rings. The van der Waals surface area contributed by atoms with E-state index in [4.69, 9.17) is 29.6 Å². The number of sulfonamides is 1. The molecule has 4 N–H and O–H groups in total. The fourth-order valence-corrected chi connectivity index (χ4v) is 3.42. The van der Waals surface area contributed by atoms with Crippen LogP contribution in [0.3, 0.4) is 0 Å². The Morgan fingerprint density at radius 1 is 1.48 bits per heavy atom. The molecule has 0 fully saturated rings. The number of carbonyl (C=O) groups is 1. The van der Waals surface area contributed by atoms with Crippen molar-refractivity contribution in [2.45, 2.75) is 24.8 Å². The second-order valence-electron chi connectivity index (χ2n) is 4.25. The number of hydrogen-bond acceptors (Lipinski definition) is 4. The van der Waals surface area contributed by atoms with Gasteiger partial charge in [0.2, 0.25) is 15.9 Å². The van der Waals surface area contributed by atoms with Crippen LogP contribution in [0.4, 0.5) is 0 Å². The summed E-state index contributed by atoms with van der Waals surface area (Å²) in [6.07, 6.45) is 0. The lowest BCUT2D eigenvalue weighted by atomic mass is 10.2. The molecule has 0 radical (unpaired) electrons. The standard InChI is InChI=1S/C12H16ClN3O3S2/c1-3-15-12(17)7(2)16-21(18,19)10-5-4-8(11(14)20)6-9(10)13/h4-7,16H,3H2,1-2H3,(H2,14,20)(H,15,17). The highest BCUT2D eigenvalue weighted by Crippen LogP contribution is 2.22. The minimum absolute atomic E-state index is 0.0177. The molecule has 1 aromatic carbocycles. The van der Waals surface area contributed by atoms with Gasteiger partial charge >= 0.3 is 0 Å².